The summed E-state index contributed by atoms with van der Waals surface area (Å²) >= 11 is 0. The summed E-state index contributed by atoms with van der Waals surface area (Å²) in [6, 6.07) is 7.55. The van der Waals surface area contributed by atoms with Gasteiger partial charge in [0.1, 0.15) is 5.75 Å². The van der Waals surface area contributed by atoms with Gasteiger partial charge < -0.3 is 9.47 Å². The Balaban J connectivity index is 2.67. The van der Waals surface area contributed by atoms with Crippen molar-refractivity contribution in [1.29, 1.82) is 0 Å². The van der Waals surface area contributed by atoms with E-state index in [2.05, 4.69) is 11.7 Å². The van der Waals surface area contributed by atoms with Crippen molar-refractivity contribution in [3.8, 4) is 5.75 Å². The number of ether oxygens (including phenoxy) is 2. The van der Waals surface area contributed by atoms with Crippen LogP contribution in [0.15, 0.2) is 24.3 Å². The third kappa shape index (κ3) is 3.93. The lowest BCUT2D eigenvalue weighted by Crippen LogP contribution is -2.10. The molecular formula is C13H18O3. The second-order valence-electron chi connectivity index (χ2n) is 3.74. The third-order valence-corrected chi connectivity index (χ3v) is 2.39. The number of esters is 1. The van der Waals surface area contributed by atoms with E-state index in [4.69, 9.17) is 4.74 Å². The topological polar surface area (TPSA) is 35.5 Å². The van der Waals surface area contributed by atoms with Crippen LogP contribution in [0.25, 0.3) is 0 Å². The summed E-state index contributed by atoms with van der Waals surface area (Å²) in [5.41, 5.74) is 0.910. The summed E-state index contributed by atoms with van der Waals surface area (Å²) in [6.45, 7) is 4.09. The van der Waals surface area contributed by atoms with Crippen LogP contribution < -0.4 is 4.74 Å². The summed E-state index contributed by atoms with van der Waals surface area (Å²) in [5, 5.41) is 0. The lowest BCUT2D eigenvalue weighted by atomic mass is 10.1. The smallest absolute Gasteiger partial charge is 0.309 e. The summed E-state index contributed by atoms with van der Waals surface area (Å²) in [7, 11) is 1.39. The summed E-state index contributed by atoms with van der Waals surface area (Å²) in [4.78, 5) is 11.1. The first-order chi connectivity index (χ1) is 7.65. The van der Waals surface area contributed by atoms with E-state index in [-0.39, 0.29) is 18.5 Å². The Hall–Kier alpha value is -1.51. The minimum absolute atomic E-state index is 0.188. The number of carbonyl (C=O) groups is 1. The Labute approximate surface area is 96.4 Å². The first kappa shape index (κ1) is 12.6. The van der Waals surface area contributed by atoms with Gasteiger partial charge in [0.2, 0.25) is 0 Å². The zero-order valence-corrected chi connectivity index (χ0v) is 10.0. The zero-order chi connectivity index (χ0) is 12.0. The van der Waals surface area contributed by atoms with Gasteiger partial charge in [-0.05, 0) is 31.0 Å². The molecule has 3 nitrogen and oxygen atoms in total. The Morgan fingerprint density at radius 2 is 2.19 bits per heavy atom. The predicted molar refractivity (Wildman–Crippen MR) is 62.5 cm³/mol. The van der Waals surface area contributed by atoms with E-state index in [0.717, 1.165) is 17.7 Å². The molecule has 1 unspecified atom stereocenters. The highest BCUT2D eigenvalue weighted by Gasteiger charge is 2.05. The number of hydrogen-bond acceptors (Lipinski definition) is 3. The third-order valence-electron chi connectivity index (χ3n) is 2.39. The molecule has 1 atom stereocenters. The number of methoxy groups -OCH3 is 1. The van der Waals surface area contributed by atoms with Crippen molar-refractivity contribution in [2.45, 2.75) is 32.8 Å². The number of rotatable bonds is 5. The molecule has 0 N–H and O–H groups in total. The van der Waals surface area contributed by atoms with Gasteiger partial charge in [-0.3, -0.25) is 4.79 Å². The van der Waals surface area contributed by atoms with Crippen molar-refractivity contribution >= 4 is 5.97 Å². The molecule has 0 aromatic heterocycles. The molecule has 88 valence electrons. The lowest BCUT2D eigenvalue weighted by molar-refractivity contribution is -0.139. The molecule has 0 aliphatic rings. The molecule has 0 fully saturated rings. The molecule has 1 rings (SSSR count). The Kier molecular flexibility index (Phi) is 4.83. The van der Waals surface area contributed by atoms with E-state index in [0.29, 0.717) is 0 Å². The normalized spacial score (nSPS) is 11.9. The van der Waals surface area contributed by atoms with Crippen molar-refractivity contribution in [1.82, 2.24) is 0 Å². The molecule has 1 aromatic carbocycles. The van der Waals surface area contributed by atoms with Crippen LogP contribution in [0.4, 0.5) is 0 Å². The van der Waals surface area contributed by atoms with Crippen LogP contribution in [0.3, 0.4) is 0 Å². The molecule has 3 heteroatoms. The van der Waals surface area contributed by atoms with Gasteiger partial charge in [0.15, 0.2) is 0 Å². The number of carbonyl (C=O) groups excluding carboxylic acids is 1. The summed E-state index contributed by atoms with van der Waals surface area (Å²) in [6.07, 6.45) is 1.43. The van der Waals surface area contributed by atoms with Crippen LogP contribution in [-0.4, -0.2) is 19.2 Å². The van der Waals surface area contributed by atoms with Gasteiger partial charge in [0, 0.05) is 0 Å². The van der Waals surface area contributed by atoms with E-state index >= 15 is 0 Å². The van der Waals surface area contributed by atoms with Crippen LogP contribution in [0.2, 0.25) is 0 Å². The van der Waals surface area contributed by atoms with Crippen LogP contribution in [-0.2, 0) is 16.0 Å². The summed E-state index contributed by atoms with van der Waals surface area (Å²) in [5.74, 6) is 0.566. The molecule has 0 saturated heterocycles. The fourth-order valence-corrected chi connectivity index (χ4v) is 1.28. The molecule has 0 saturated carbocycles. The first-order valence-electron chi connectivity index (χ1n) is 5.48. The second kappa shape index (κ2) is 6.16. The molecule has 0 spiro atoms. The van der Waals surface area contributed by atoms with Crippen LogP contribution in [0, 0.1) is 0 Å². The molecule has 1 aromatic rings. The predicted octanol–water partition coefficient (Wildman–Crippen LogP) is 2.58. The quantitative estimate of drug-likeness (QED) is 0.718. The SMILES string of the molecule is CCC(C)Oc1cccc(CC(=O)OC)c1. The highest BCUT2D eigenvalue weighted by atomic mass is 16.5. The molecular weight excluding hydrogens is 204 g/mol. The van der Waals surface area contributed by atoms with Gasteiger partial charge in [0.25, 0.3) is 0 Å². The number of hydrogen-bond donors (Lipinski definition) is 0. The molecule has 0 amide bonds. The average Bonchev–Trinajstić information content (AvgIpc) is 2.29. The van der Waals surface area contributed by atoms with Crippen molar-refractivity contribution in [3.63, 3.8) is 0 Å². The van der Waals surface area contributed by atoms with Gasteiger partial charge in [0.05, 0.1) is 19.6 Å². The molecule has 0 aliphatic carbocycles. The largest absolute Gasteiger partial charge is 0.491 e. The van der Waals surface area contributed by atoms with E-state index in [1.165, 1.54) is 7.11 Å². The molecule has 0 aliphatic heterocycles. The minimum atomic E-state index is -0.235. The van der Waals surface area contributed by atoms with E-state index in [1.807, 2.05) is 31.2 Å². The van der Waals surface area contributed by atoms with Gasteiger partial charge in [-0.2, -0.15) is 0 Å². The molecule has 0 radical (unpaired) electrons. The molecule has 0 heterocycles. The van der Waals surface area contributed by atoms with Crippen molar-refractivity contribution < 1.29 is 14.3 Å². The highest BCUT2D eigenvalue weighted by molar-refractivity contribution is 5.72. The Bertz CT molecular complexity index is 347. The van der Waals surface area contributed by atoms with Crippen molar-refractivity contribution in [2.75, 3.05) is 7.11 Å². The first-order valence-corrected chi connectivity index (χ1v) is 5.48. The molecule has 0 bridgehead atoms. The Morgan fingerprint density at radius 3 is 2.81 bits per heavy atom. The van der Waals surface area contributed by atoms with Crippen LogP contribution in [0.5, 0.6) is 5.75 Å². The lowest BCUT2D eigenvalue weighted by Gasteiger charge is -2.13. The van der Waals surface area contributed by atoms with Gasteiger partial charge in [-0.25, -0.2) is 0 Å². The maximum atomic E-state index is 11.1. The van der Waals surface area contributed by atoms with Gasteiger partial charge >= 0.3 is 5.97 Å². The minimum Gasteiger partial charge on any atom is -0.491 e. The van der Waals surface area contributed by atoms with E-state index in [1.54, 1.807) is 0 Å². The summed E-state index contributed by atoms with van der Waals surface area (Å²) < 4.78 is 10.3. The zero-order valence-electron chi connectivity index (χ0n) is 10.0. The van der Waals surface area contributed by atoms with Gasteiger partial charge in [-0.1, -0.05) is 19.1 Å². The van der Waals surface area contributed by atoms with E-state index in [9.17, 15) is 4.79 Å². The highest BCUT2D eigenvalue weighted by Crippen LogP contribution is 2.16. The van der Waals surface area contributed by atoms with Gasteiger partial charge in [-0.15, -0.1) is 0 Å². The number of benzene rings is 1. The van der Waals surface area contributed by atoms with Crippen molar-refractivity contribution in [3.05, 3.63) is 29.8 Å². The monoisotopic (exact) mass is 222 g/mol. The Morgan fingerprint density at radius 1 is 1.44 bits per heavy atom. The average molecular weight is 222 g/mol. The van der Waals surface area contributed by atoms with Crippen LogP contribution >= 0.6 is 0 Å². The fraction of sp³-hybridized carbons (Fsp3) is 0.462. The fourth-order valence-electron chi connectivity index (χ4n) is 1.28. The van der Waals surface area contributed by atoms with E-state index < -0.39 is 0 Å². The second-order valence-corrected chi connectivity index (χ2v) is 3.74. The standard InChI is InChI=1S/C13H18O3/c1-4-10(2)16-12-7-5-6-11(8-12)9-13(14)15-3/h5-8,10H,4,9H2,1-3H3. The maximum Gasteiger partial charge on any atom is 0.309 e. The molecule has 16 heavy (non-hydrogen) atoms. The van der Waals surface area contributed by atoms with Crippen molar-refractivity contribution in [2.24, 2.45) is 0 Å². The maximum absolute atomic E-state index is 11.1. The van der Waals surface area contributed by atoms with Crippen LogP contribution in [0.1, 0.15) is 25.8 Å².